The maximum absolute atomic E-state index is 12.1. The van der Waals surface area contributed by atoms with E-state index in [1.54, 1.807) is 6.08 Å². The fourth-order valence-corrected chi connectivity index (χ4v) is 3.08. The molecule has 96 valence electrons. The van der Waals surface area contributed by atoms with E-state index < -0.39 is 0 Å². The van der Waals surface area contributed by atoms with Crippen molar-refractivity contribution in [3.63, 3.8) is 0 Å². The Labute approximate surface area is 113 Å². The smallest absolute Gasteiger partial charge is 0.166 e. The summed E-state index contributed by atoms with van der Waals surface area (Å²) in [5.41, 5.74) is 3.69. The van der Waals surface area contributed by atoms with Crippen LogP contribution >= 0.6 is 0 Å². The van der Waals surface area contributed by atoms with Crippen LogP contribution < -0.4 is 0 Å². The predicted octanol–water partition coefficient (Wildman–Crippen LogP) is 3.35. The van der Waals surface area contributed by atoms with Gasteiger partial charge < -0.3 is 4.90 Å². The van der Waals surface area contributed by atoms with Crippen LogP contribution in [0.5, 0.6) is 0 Å². The molecule has 2 heteroatoms. The molecule has 1 aliphatic heterocycles. The third kappa shape index (κ3) is 1.84. The number of rotatable bonds is 2. The van der Waals surface area contributed by atoms with E-state index in [1.807, 2.05) is 18.3 Å². The average Bonchev–Trinajstić information content (AvgIpc) is 2.43. The number of benzene rings is 1. The van der Waals surface area contributed by atoms with Crippen molar-refractivity contribution in [1.29, 1.82) is 0 Å². The summed E-state index contributed by atoms with van der Waals surface area (Å²) in [4.78, 5) is 14.3. The first-order valence-electron chi connectivity index (χ1n) is 6.59. The quantitative estimate of drug-likeness (QED) is 0.751. The minimum absolute atomic E-state index is 0.0696. The summed E-state index contributed by atoms with van der Waals surface area (Å²) in [7, 11) is 0. The van der Waals surface area contributed by atoms with Crippen molar-refractivity contribution in [3.8, 4) is 0 Å². The van der Waals surface area contributed by atoms with E-state index in [4.69, 9.17) is 0 Å². The number of carbonyl (C=O) groups excluding carboxylic acids is 1. The third-order valence-electron chi connectivity index (χ3n) is 3.93. The Morgan fingerprint density at radius 2 is 2.16 bits per heavy atom. The molecule has 0 aromatic heterocycles. The van der Waals surface area contributed by atoms with E-state index >= 15 is 0 Å². The van der Waals surface area contributed by atoms with E-state index in [1.165, 1.54) is 16.7 Å². The Morgan fingerprint density at radius 1 is 1.37 bits per heavy atom. The van der Waals surface area contributed by atoms with Gasteiger partial charge in [0.1, 0.15) is 0 Å². The van der Waals surface area contributed by atoms with E-state index in [-0.39, 0.29) is 17.7 Å². The number of carbonyl (C=O) groups is 1. The molecule has 0 saturated heterocycles. The Balaban J connectivity index is 2.15. The first-order valence-corrected chi connectivity index (χ1v) is 6.59. The summed E-state index contributed by atoms with van der Waals surface area (Å²) in [5.74, 6) is 0.124. The third-order valence-corrected chi connectivity index (χ3v) is 3.93. The van der Waals surface area contributed by atoms with E-state index in [0.717, 1.165) is 6.54 Å². The van der Waals surface area contributed by atoms with Crippen LogP contribution in [0.3, 0.4) is 0 Å². The predicted molar refractivity (Wildman–Crippen MR) is 77.4 cm³/mol. The van der Waals surface area contributed by atoms with Gasteiger partial charge in [0, 0.05) is 12.7 Å². The van der Waals surface area contributed by atoms with Crippen LogP contribution in [0.4, 0.5) is 0 Å². The fraction of sp³-hybridized carbons (Fsp3) is 0.235. The molecular formula is C17H17NO. The fourth-order valence-electron chi connectivity index (χ4n) is 3.08. The summed E-state index contributed by atoms with van der Waals surface area (Å²) >= 11 is 0. The molecule has 0 fully saturated rings. The van der Waals surface area contributed by atoms with Gasteiger partial charge in [-0.15, -0.1) is 6.58 Å². The zero-order valence-electron chi connectivity index (χ0n) is 11.0. The topological polar surface area (TPSA) is 20.3 Å². The standard InChI is InChI=1S/C17H17NO/c1-3-9-18-10-8-16(19)15-11-12(2)13-6-4-5-7-14(13)17(15)18/h3-8,10-11,15,17H,1,9H2,2H3/t15-,17+/m1/s1. The summed E-state index contributed by atoms with van der Waals surface area (Å²) in [6.07, 6.45) is 7.57. The maximum atomic E-state index is 12.1. The van der Waals surface area contributed by atoms with Crippen LogP contribution in [0.15, 0.2) is 55.3 Å². The van der Waals surface area contributed by atoms with Gasteiger partial charge >= 0.3 is 0 Å². The number of hydrogen-bond donors (Lipinski definition) is 0. The SMILES string of the molecule is C=CCN1C=CC(=O)[C@H]2C=C(C)c3ccccc3[C@@H]21. The van der Waals surface area contributed by atoms with Gasteiger partial charge in [-0.25, -0.2) is 0 Å². The lowest BCUT2D eigenvalue weighted by Gasteiger charge is -2.40. The van der Waals surface area contributed by atoms with Crippen molar-refractivity contribution in [2.24, 2.45) is 5.92 Å². The van der Waals surface area contributed by atoms with Crippen LogP contribution in [0.2, 0.25) is 0 Å². The Hall–Kier alpha value is -2.09. The highest BCUT2D eigenvalue weighted by Gasteiger charge is 2.37. The lowest BCUT2D eigenvalue weighted by atomic mass is 9.77. The number of allylic oxidation sites excluding steroid dienone is 2. The van der Waals surface area contributed by atoms with Crippen LogP contribution in [0.1, 0.15) is 24.1 Å². The Morgan fingerprint density at radius 3 is 2.95 bits per heavy atom. The lowest BCUT2D eigenvalue weighted by Crippen LogP contribution is -2.38. The molecule has 1 aromatic carbocycles. The van der Waals surface area contributed by atoms with Crippen LogP contribution in [-0.2, 0) is 4.79 Å². The van der Waals surface area contributed by atoms with Gasteiger partial charge in [0.25, 0.3) is 0 Å². The molecule has 0 radical (unpaired) electrons. The summed E-state index contributed by atoms with van der Waals surface area (Å²) in [6.45, 7) is 6.64. The highest BCUT2D eigenvalue weighted by Crippen LogP contribution is 2.42. The molecule has 1 aromatic rings. The molecule has 3 rings (SSSR count). The van der Waals surface area contributed by atoms with Gasteiger partial charge in [0.05, 0.1) is 12.0 Å². The van der Waals surface area contributed by atoms with Crippen LogP contribution in [0, 0.1) is 5.92 Å². The second kappa shape index (κ2) is 4.54. The Kier molecular flexibility index (Phi) is 2.86. The zero-order chi connectivity index (χ0) is 13.4. The minimum Gasteiger partial charge on any atom is -0.366 e. The minimum atomic E-state index is -0.0696. The van der Waals surface area contributed by atoms with Gasteiger partial charge in [0.2, 0.25) is 0 Å². The first kappa shape index (κ1) is 12.0. The highest BCUT2D eigenvalue weighted by atomic mass is 16.1. The largest absolute Gasteiger partial charge is 0.366 e. The number of hydrogen-bond acceptors (Lipinski definition) is 2. The lowest BCUT2D eigenvalue weighted by molar-refractivity contribution is -0.119. The van der Waals surface area contributed by atoms with Crippen molar-refractivity contribution in [2.45, 2.75) is 13.0 Å². The normalized spacial score (nSPS) is 24.6. The summed E-state index contributed by atoms with van der Waals surface area (Å²) < 4.78 is 0. The molecule has 19 heavy (non-hydrogen) atoms. The Bertz CT molecular complexity index is 597. The number of ketones is 1. The van der Waals surface area contributed by atoms with Crippen LogP contribution in [-0.4, -0.2) is 17.2 Å². The summed E-state index contributed by atoms with van der Waals surface area (Å²) in [5, 5.41) is 0. The van der Waals surface area contributed by atoms with Gasteiger partial charge in [-0.3, -0.25) is 4.79 Å². The molecular weight excluding hydrogens is 234 g/mol. The molecule has 0 bridgehead atoms. The molecule has 2 atom stereocenters. The monoisotopic (exact) mass is 251 g/mol. The molecule has 0 spiro atoms. The van der Waals surface area contributed by atoms with Crippen molar-refractivity contribution < 1.29 is 4.79 Å². The van der Waals surface area contributed by atoms with Crippen molar-refractivity contribution in [1.82, 2.24) is 4.90 Å². The van der Waals surface area contributed by atoms with Gasteiger partial charge in [0.15, 0.2) is 5.78 Å². The molecule has 1 heterocycles. The van der Waals surface area contributed by atoms with Crippen LogP contribution in [0.25, 0.3) is 5.57 Å². The first-order chi connectivity index (χ1) is 9.22. The summed E-state index contributed by atoms with van der Waals surface area (Å²) in [6, 6.07) is 8.46. The van der Waals surface area contributed by atoms with E-state index in [0.29, 0.717) is 0 Å². The highest BCUT2D eigenvalue weighted by molar-refractivity contribution is 5.96. The second-order valence-electron chi connectivity index (χ2n) is 5.11. The van der Waals surface area contributed by atoms with Gasteiger partial charge in [-0.05, 0) is 29.7 Å². The molecule has 1 aliphatic carbocycles. The molecule has 2 aliphatic rings. The molecule has 0 amide bonds. The second-order valence-corrected chi connectivity index (χ2v) is 5.11. The van der Waals surface area contributed by atoms with E-state index in [2.05, 4.69) is 42.7 Å². The van der Waals surface area contributed by atoms with Gasteiger partial charge in [-0.2, -0.15) is 0 Å². The zero-order valence-corrected chi connectivity index (χ0v) is 11.0. The van der Waals surface area contributed by atoms with E-state index in [9.17, 15) is 4.79 Å². The van der Waals surface area contributed by atoms with Gasteiger partial charge in [-0.1, -0.05) is 36.4 Å². The van der Waals surface area contributed by atoms with Crippen molar-refractivity contribution >= 4 is 11.4 Å². The maximum Gasteiger partial charge on any atom is 0.166 e. The number of fused-ring (bicyclic) bond motifs is 3. The molecule has 0 unspecified atom stereocenters. The molecule has 2 nitrogen and oxygen atoms in total. The number of nitrogens with zero attached hydrogens (tertiary/aromatic N) is 1. The molecule has 0 saturated carbocycles. The molecule has 0 N–H and O–H groups in total. The average molecular weight is 251 g/mol. The van der Waals surface area contributed by atoms with Crippen molar-refractivity contribution in [3.05, 3.63) is 66.4 Å². The van der Waals surface area contributed by atoms with Crippen molar-refractivity contribution in [2.75, 3.05) is 6.54 Å².